The number of rotatable bonds is 2. The van der Waals surface area contributed by atoms with Gasteiger partial charge in [-0.05, 0) is 30.3 Å². The van der Waals surface area contributed by atoms with Gasteiger partial charge in [0, 0.05) is 30.2 Å². The van der Waals surface area contributed by atoms with Gasteiger partial charge in [-0.3, -0.25) is 0 Å². The van der Waals surface area contributed by atoms with Crippen LogP contribution in [0.3, 0.4) is 0 Å². The first kappa shape index (κ1) is 14.6. The van der Waals surface area contributed by atoms with Crippen molar-refractivity contribution >= 4 is 57.1 Å². The van der Waals surface area contributed by atoms with E-state index in [1.807, 2.05) is 66.0 Å². The fourth-order valence-corrected chi connectivity index (χ4v) is 3.27. The predicted molar refractivity (Wildman–Crippen MR) is 92.5 cm³/mol. The summed E-state index contributed by atoms with van der Waals surface area (Å²) in [5.74, 6) is 0. The fraction of sp³-hybridized carbons (Fsp3) is 0.125. The molecule has 0 aliphatic carbocycles. The zero-order valence-corrected chi connectivity index (χ0v) is 13.8. The number of hydrogen-bond donors (Lipinski definition) is 0. The Morgan fingerprint density at radius 2 is 1.71 bits per heavy atom. The molecule has 0 saturated heterocycles. The van der Waals surface area contributed by atoms with E-state index < -0.39 is 0 Å². The molecule has 1 aromatic heterocycles. The van der Waals surface area contributed by atoms with E-state index in [0.717, 1.165) is 22.3 Å². The Balaban J connectivity index is 2.27. The Hall–Kier alpha value is -1.35. The molecule has 0 unspecified atom stereocenters. The number of aryl methyl sites for hydroxylation is 1. The number of hydrogen-bond acceptors (Lipinski definition) is 1. The average Bonchev–Trinajstić information content (AvgIpc) is 2.72. The quantitative estimate of drug-likeness (QED) is 0.563. The van der Waals surface area contributed by atoms with Gasteiger partial charge < -0.3 is 9.47 Å². The smallest absolute Gasteiger partial charge is 0.133 e. The lowest BCUT2D eigenvalue weighted by Crippen LogP contribution is -2.09. The third kappa shape index (κ3) is 2.38. The summed E-state index contributed by atoms with van der Waals surface area (Å²) in [5.41, 5.74) is 2.83. The summed E-state index contributed by atoms with van der Waals surface area (Å²) in [5, 5.41) is 2.94. The van der Waals surface area contributed by atoms with E-state index in [4.69, 9.17) is 34.8 Å². The highest BCUT2D eigenvalue weighted by molar-refractivity contribution is 6.40. The standard InChI is InChI=1S/C16H13Cl3N2/c1-20(11-6-3-5-10(17)9-11)15-14-12(18)7-4-8-13(14)21(2)16(15)19/h3-9H,1-2H3. The minimum absolute atomic E-state index is 0.639. The molecule has 0 fully saturated rings. The molecular weight excluding hydrogens is 327 g/mol. The average molecular weight is 340 g/mol. The number of halogens is 3. The van der Waals surface area contributed by atoms with Crippen LogP contribution in [0.1, 0.15) is 0 Å². The Bertz CT molecular complexity index is 824. The summed E-state index contributed by atoms with van der Waals surface area (Å²) in [6, 6.07) is 13.4. The van der Waals surface area contributed by atoms with Gasteiger partial charge in [-0.2, -0.15) is 0 Å². The highest BCUT2D eigenvalue weighted by Gasteiger charge is 2.20. The van der Waals surface area contributed by atoms with Crippen molar-refractivity contribution in [1.29, 1.82) is 0 Å². The molecule has 0 aliphatic heterocycles. The molecule has 1 heterocycles. The molecule has 0 saturated carbocycles. The van der Waals surface area contributed by atoms with Gasteiger partial charge in [-0.1, -0.05) is 46.9 Å². The van der Waals surface area contributed by atoms with Crippen LogP contribution in [0.15, 0.2) is 42.5 Å². The summed E-state index contributed by atoms with van der Waals surface area (Å²) in [7, 11) is 3.88. The molecule has 0 radical (unpaired) electrons. The highest BCUT2D eigenvalue weighted by atomic mass is 35.5. The molecule has 3 aromatic rings. The fourth-order valence-electron chi connectivity index (χ4n) is 2.51. The lowest BCUT2D eigenvalue weighted by atomic mass is 10.2. The number of anilines is 2. The molecule has 0 N–H and O–H groups in total. The Morgan fingerprint density at radius 3 is 2.43 bits per heavy atom. The molecule has 2 nitrogen and oxygen atoms in total. The molecule has 3 rings (SSSR count). The van der Waals surface area contributed by atoms with E-state index in [9.17, 15) is 0 Å². The molecule has 0 atom stereocenters. The normalized spacial score (nSPS) is 11.1. The molecule has 21 heavy (non-hydrogen) atoms. The maximum atomic E-state index is 6.52. The molecule has 0 amide bonds. The Morgan fingerprint density at radius 1 is 1.00 bits per heavy atom. The monoisotopic (exact) mass is 338 g/mol. The second kappa shape index (κ2) is 5.45. The lowest BCUT2D eigenvalue weighted by molar-refractivity contribution is 0.966. The van der Waals surface area contributed by atoms with Crippen LogP contribution in [0, 0.1) is 0 Å². The van der Waals surface area contributed by atoms with Crippen LogP contribution >= 0.6 is 34.8 Å². The largest absolute Gasteiger partial charge is 0.342 e. The molecule has 0 aliphatic rings. The van der Waals surface area contributed by atoms with Crippen molar-refractivity contribution in [2.24, 2.45) is 7.05 Å². The van der Waals surface area contributed by atoms with Crippen molar-refractivity contribution in [3.05, 3.63) is 57.7 Å². The predicted octanol–water partition coefficient (Wildman–Crippen LogP) is 5.91. The Labute approximate surface area is 138 Å². The number of fused-ring (bicyclic) bond motifs is 1. The zero-order valence-electron chi connectivity index (χ0n) is 11.6. The second-order valence-electron chi connectivity index (χ2n) is 4.87. The van der Waals surface area contributed by atoms with Crippen molar-refractivity contribution < 1.29 is 0 Å². The van der Waals surface area contributed by atoms with Crippen LogP contribution in [-0.4, -0.2) is 11.6 Å². The number of nitrogens with zero attached hydrogens (tertiary/aromatic N) is 2. The van der Waals surface area contributed by atoms with Gasteiger partial charge in [0.2, 0.25) is 0 Å². The van der Waals surface area contributed by atoms with E-state index in [1.54, 1.807) is 0 Å². The van der Waals surface area contributed by atoms with Crippen LogP contribution in [0.2, 0.25) is 15.2 Å². The molecule has 0 bridgehead atoms. The SMILES string of the molecule is CN(c1cccc(Cl)c1)c1c(Cl)n(C)c2cccc(Cl)c12. The first-order valence-corrected chi connectivity index (χ1v) is 7.56. The van der Waals surface area contributed by atoms with Crippen LogP contribution in [0.5, 0.6) is 0 Å². The van der Waals surface area contributed by atoms with Gasteiger partial charge in [0.15, 0.2) is 0 Å². The van der Waals surface area contributed by atoms with Crippen molar-refractivity contribution in [3.8, 4) is 0 Å². The van der Waals surface area contributed by atoms with Gasteiger partial charge in [0.05, 0.1) is 16.2 Å². The second-order valence-corrected chi connectivity index (χ2v) is 6.07. The van der Waals surface area contributed by atoms with Crippen LogP contribution in [0.25, 0.3) is 10.9 Å². The number of aromatic nitrogens is 1. The first-order chi connectivity index (χ1) is 10.0. The number of benzene rings is 2. The summed E-state index contributed by atoms with van der Waals surface area (Å²) >= 11 is 19.0. The van der Waals surface area contributed by atoms with Gasteiger partial charge >= 0.3 is 0 Å². The minimum atomic E-state index is 0.639. The molecule has 2 aromatic carbocycles. The van der Waals surface area contributed by atoms with Crippen molar-refractivity contribution in [2.45, 2.75) is 0 Å². The van der Waals surface area contributed by atoms with Gasteiger partial charge in [0.1, 0.15) is 5.15 Å². The minimum Gasteiger partial charge on any atom is -0.342 e. The van der Waals surface area contributed by atoms with E-state index in [0.29, 0.717) is 15.2 Å². The third-order valence-electron chi connectivity index (χ3n) is 3.61. The Kier molecular flexibility index (Phi) is 3.78. The van der Waals surface area contributed by atoms with Crippen molar-refractivity contribution in [1.82, 2.24) is 4.57 Å². The van der Waals surface area contributed by atoms with E-state index >= 15 is 0 Å². The third-order valence-corrected chi connectivity index (χ3v) is 4.59. The van der Waals surface area contributed by atoms with E-state index in [2.05, 4.69) is 0 Å². The summed E-state index contributed by atoms with van der Waals surface area (Å²) < 4.78 is 1.93. The maximum Gasteiger partial charge on any atom is 0.133 e. The van der Waals surface area contributed by atoms with Crippen LogP contribution in [0.4, 0.5) is 11.4 Å². The van der Waals surface area contributed by atoms with Crippen molar-refractivity contribution in [3.63, 3.8) is 0 Å². The molecule has 0 spiro atoms. The summed E-state index contributed by atoms with van der Waals surface area (Å²) in [4.78, 5) is 2.00. The maximum absolute atomic E-state index is 6.52. The lowest BCUT2D eigenvalue weighted by Gasteiger charge is -2.20. The van der Waals surface area contributed by atoms with Crippen LogP contribution < -0.4 is 4.90 Å². The summed E-state index contributed by atoms with van der Waals surface area (Å²) in [6.07, 6.45) is 0. The molecule has 5 heteroatoms. The summed E-state index contributed by atoms with van der Waals surface area (Å²) in [6.45, 7) is 0. The van der Waals surface area contributed by atoms with Gasteiger partial charge in [0.25, 0.3) is 0 Å². The van der Waals surface area contributed by atoms with Crippen LogP contribution in [-0.2, 0) is 7.05 Å². The van der Waals surface area contributed by atoms with Gasteiger partial charge in [-0.15, -0.1) is 0 Å². The van der Waals surface area contributed by atoms with Crippen molar-refractivity contribution in [2.75, 3.05) is 11.9 Å². The van der Waals surface area contributed by atoms with Gasteiger partial charge in [-0.25, -0.2) is 0 Å². The highest BCUT2D eigenvalue weighted by Crippen LogP contribution is 2.42. The first-order valence-electron chi connectivity index (χ1n) is 6.42. The molecular formula is C16H13Cl3N2. The molecule has 108 valence electrons. The topological polar surface area (TPSA) is 8.17 Å². The van der Waals surface area contributed by atoms with E-state index in [1.165, 1.54) is 0 Å². The zero-order chi connectivity index (χ0) is 15.1. The van der Waals surface area contributed by atoms with E-state index in [-0.39, 0.29) is 0 Å².